The minimum absolute atomic E-state index is 0.427. The third kappa shape index (κ3) is 24.0. The zero-order valence-electron chi connectivity index (χ0n) is 69.8. The van der Waals surface area contributed by atoms with Crippen molar-refractivity contribution in [2.75, 3.05) is 132 Å². The van der Waals surface area contributed by atoms with Crippen LogP contribution in [0.1, 0.15) is 117 Å². The minimum Gasteiger partial charge on any atom is -0.397 e. The van der Waals surface area contributed by atoms with Gasteiger partial charge in [0.05, 0.1) is 49.1 Å². The van der Waals surface area contributed by atoms with E-state index in [0.717, 1.165) is 43.9 Å². The van der Waals surface area contributed by atoms with Gasteiger partial charge >= 0.3 is 0 Å². The van der Waals surface area contributed by atoms with Gasteiger partial charge in [-0.25, -0.2) is 54.8 Å². The van der Waals surface area contributed by atoms with Crippen molar-refractivity contribution in [3.05, 3.63) is 78.3 Å². The summed E-state index contributed by atoms with van der Waals surface area (Å²) >= 11 is 2.87. The maximum Gasteiger partial charge on any atom is 0.191 e. The van der Waals surface area contributed by atoms with Crippen molar-refractivity contribution in [3.63, 3.8) is 0 Å². The predicted octanol–water partition coefficient (Wildman–Crippen LogP) is 9.42. The van der Waals surface area contributed by atoms with Gasteiger partial charge in [0.2, 0.25) is 0 Å². The highest BCUT2D eigenvalue weighted by atomic mass is 32.2. The van der Waals surface area contributed by atoms with E-state index in [4.69, 9.17) is 24.7 Å². The zero-order valence-corrected chi connectivity index (χ0v) is 75.0. The van der Waals surface area contributed by atoms with E-state index in [1.165, 1.54) is 46.6 Å². The number of imidazole rings is 4. The molecule has 4 fully saturated rings. The Morgan fingerprint density at radius 1 is 0.443 bits per heavy atom. The quantitative estimate of drug-likeness (QED) is 0.00862. The number of ether oxygens (including phenoxy) is 4. The van der Waals surface area contributed by atoms with Crippen LogP contribution in [0.15, 0.2) is 82.8 Å². The number of rotatable bonds is 30. The zero-order chi connectivity index (χ0) is 84.3. The lowest BCUT2D eigenvalue weighted by Crippen LogP contribution is -2.32. The number of aliphatic hydroxyl groups excluding tert-OH is 8. The van der Waals surface area contributed by atoms with E-state index in [1.807, 2.05) is 19.4 Å². The second kappa shape index (κ2) is 40.4. The molecule has 12 heterocycles. The standard InChI is InChI=1S/2C21H34N5O3PS.C20H32N5O3P.C16H25N4O3P/c2*1-7-13(2)8-10-22-18-15-19(25-21(24-18)31-6)26(12-23-15)20-17(28)16(27)14(29-20)9-11-30(3,4)5;1-6-13(2)7-9-21-18-15-19(23-11-22-18)25(12-24-15)20-17(27)16(26)14(28-20)8-10-29(3,4)5;1-9-19-12-10(17)5-7-18-15(12)20(9)16-14(22)13(21)11(23-16)6-8-24(2,3)4/h2*8,12,14,16-17,20,27-28H,3,7,9-11H2,1-2,4-6H3,(H,22,24,25);7,11-12,14,16-17,20,26-27H,3,6,8-10H2,1-2,4-5H3,(H,21,22,23);5,7,11,13-14,16,21-22H,2,6,8H2,1,3-4H3,(H2,17,18)/b2*13-8-;13-7-;/t3*14-,16-,17-,20-;11-,13-,14-,16-/m1111/s1. The maximum absolute atomic E-state index is 10.7. The van der Waals surface area contributed by atoms with Crippen molar-refractivity contribution in [1.29, 1.82) is 0 Å². The fourth-order valence-electron chi connectivity index (χ4n) is 13.3. The molecule has 636 valence electrons. The fourth-order valence-corrected chi connectivity index (χ4v) is 17.8. The number of aromatic nitrogens is 15. The molecule has 0 spiro atoms. The number of fused-ring (bicyclic) bond motifs is 4. The molecule has 16 atom stereocenters. The molecule has 0 saturated carbocycles. The van der Waals surface area contributed by atoms with Gasteiger partial charge in [-0.05, 0) is 169 Å². The van der Waals surface area contributed by atoms with E-state index in [0.29, 0.717) is 129 Å². The number of pyridine rings is 1. The van der Waals surface area contributed by atoms with E-state index >= 15 is 0 Å². The lowest BCUT2D eigenvalue weighted by Gasteiger charge is -2.19. The number of aryl methyl sites for hydroxylation is 1. The van der Waals surface area contributed by atoms with Gasteiger partial charge in [0.1, 0.15) is 66.5 Å². The van der Waals surface area contributed by atoms with Crippen molar-refractivity contribution in [2.24, 2.45) is 0 Å². The van der Waals surface area contributed by atoms with Crippen molar-refractivity contribution in [2.45, 2.75) is 202 Å². The molecule has 0 aliphatic carbocycles. The molecule has 4 saturated heterocycles. The summed E-state index contributed by atoms with van der Waals surface area (Å²) < 4.78 is 31.0. The van der Waals surface area contributed by atoms with Gasteiger partial charge < -0.3 is 81.5 Å². The van der Waals surface area contributed by atoms with Gasteiger partial charge in [-0.1, -0.05) is 79.2 Å². The summed E-state index contributed by atoms with van der Waals surface area (Å²) in [6.07, 6.45) is 31.3. The van der Waals surface area contributed by atoms with Crippen molar-refractivity contribution >= 4 is 144 Å². The number of nitrogens with two attached hydrogens (primary N) is 1. The number of nitrogens with zero attached hydrogens (tertiary/aromatic N) is 15. The molecule has 4 aliphatic heterocycles. The van der Waals surface area contributed by atoms with Gasteiger partial charge in [-0.3, -0.25) is 18.3 Å². The Kier molecular flexibility index (Phi) is 32.7. The summed E-state index contributed by atoms with van der Waals surface area (Å²) in [5, 5.41) is 95.6. The van der Waals surface area contributed by atoms with Crippen LogP contribution in [0.2, 0.25) is 0 Å². The van der Waals surface area contributed by atoms with E-state index < -0.39 is 126 Å². The number of hydrogen-bond donors (Lipinski definition) is 12. The Bertz CT molecular complexity index is 4740. The van der Waals surface area contributed by atoms with Crippen LogP contribution >= 0.6 is 51.1 Å². The highest BCUT2D eigenvalue weighted by molar-refractivity contribution is 7.98. The fraction of sp³-hybridized carbons (Fsp3) is 0.603. The van der Waals surface area contributed by atoms with Crippen LogP contribution < -0.4 is 21.7 Å². The lowest BCUT2D eigenvalue weighted by molar-refractivity contribution is -0.0363. The topological polar surface area (TPSA) is 422 Å². The lowest BCUT2D eigenvalue weighted by atomic mass is 10.1. The van der Waals surface area contributed by atoms with Crippen LogP contribution in [0.5, 0.6) is 0 Å². The number of anilines is 4. The molecule has 31 nitrogen and oxygen atoms in total. The van der Waals surface area contributed by atoms with Gasteiger partial charge in [-0.15, -0.1) is 52.7 Å². The van der Waals surface area contributed by atoms with Crippen LogP contribution in [-0.2, 0) is 18.9 Å². The molecule has 8 aromatic rings. The smallest absolute Gasteiger partial charge is 0.191 e. The third-order valence-corrected chi connectivity index (χ3v) is 27.6. The SMILES string of the molecule is C=P(C)(C)CC[C@H]1O[C@@H](n2c(C)nc3c(N)ccnc32)[C@H](O)[C@@H]1O.C=P(C)(C)CC[C@H]1O[C@@H](n2cnc3c(NC/C=C(/C)CC)nc(SC)nc32)[C@H](O)[C@@H]1O.C=P(C)(C)CC[C@H]1O[C@@H](n2cnc3c(NC/C=C(/C)CC)nc(SC)nc32)[C@H](O)[C@@H]1O.C=P(C)(C)CC[C@H]1O[C@@H](n2cnc3c(NC/C=C(/C)CC)ncnc32)[C@H](O)[C@@H]1O. The first-order valence-corrected chi connectivity index (χ1v) is 53.6. The molecular formula is C78H125N19O12P4S2. The summed E-state index contributed by atoms with van der Waals surface area (Å²) in [5.74, 6) is 2.54. The van der Waals surface area contributed by atoms with Crippen molar-refractivity contribution in [1.82, 2.24) is 73.1 Å². The number of hydrogen-bond acceptors (Lipinski definition) is 29. The summed E-state index contributed by atoms with van der Waals surface area (Å²) in [5.41, 5.74) is 15.0. The highest BCUT2D eigenvalue weighted by Crippen LogP contribution is 2.45. The average Bonchev–Trinajstić information content (AvgIpc) is 1.62. The first-order valence-electron chi connectivity index (χ1n) is 39.0. The van der Waals surface area contributed by atoms with E-state index in [-0.39, 0.29) is 0 Å². The first kappa shape index (κ1) is 93.0. The number of nitrogen functional groups attached to an aromatic ring is 1. The molecule has 0 radical (unpaired) electrons. The number of nitrogens with one attached hydrogen (secondary N) is 3. The summed E-state index contributed by atoms with van der Waals surface area (Å²) in [4.78, 5) is 49.1. The van der Waals surface area contributed by atoms with Crippen LogP contribution in [0.3, 0.4) is 0 Å². The monoisotopic (exact) mass is 1710 g/mol. The number of aliphatic hydroxyl groups is 8. The maximum atomic E-state index is 10.7. The van der Waals surface area contributed by atoms with E-state index in [1.54, 1.807) is 49.5 Å². The summed E-state index contributed by atoms with van der Waals surface area (Å²) in [6.45, 7) is 28.6. The van der Waals surface area contributed by atoms with Gasteiger partial charge in [0.15, 0.2) is 91.8 Å². The molecule has 0 bridgehead atoms. The minimum atomic E-state index is -1.25. The molecule has 0 aromatic carbocycles. The summed E-state index contributed by atoms with van der Waals surface area (Å²) in [7, 11) is 0. The van der Waals surface area contributed by atoms with Gasteiger partial charge in [0.25, 0.3) is 0 Å². The second-order valence-corrected chi connectivity index (χ2v) is 51.6. The molecule has 0 unspecified atom stereocenters. The highest BCUT2D eigenvalue weighted by Gasteiger charge is 2.48. The largest absolute Gasteiger partial charge is 0.397 e. The van der Waals surface area contributed by atoms with Crippen molar-refractivity contribution < 1.29 is 59.8 Å². The average molecular weight is 1710 g/mol. The first-order chi connectivity index (χ1) is 54.2. The molecule has 4 aliphatic rings. The Morgan fingerprint density at radius 3 is 1.12 bits per heavy atom. The van der Waals surface area contributed by atoms with Gasteiger partial charge in [0, 0.05) is 25.8 Å². The molecule has 8 aromatic heterocycles. The molecular weight excluding hydrogens is 1580 g/mol. The normalized spacial score (nSPS) is 25.7. The van der Waals surface area contributed by atoms with Crippen molar-refractivity contribution in [3.8, 4) is 0 Å². The van der Waals surface area contributed by atoms with Crippen LogP contribution in [0.4, 0.5) is 23.1 Å². The summed E-state index contributed by atoms with van der Waals surface area (Å²) in [6, 6.07) is 1.68. The Morgan fingerprint density at radius 2 is 0.774 bits per heavy atom. The third-order valence-electron chi connectivity index (χ3n) is 20.6. The Hall–Kier alpha value is -5.89. The number of thioether (sulfide) groups is 2. The van der Waals surface area contributed by atoms with Crippen LogP contribution in [0.25, 0.3) is 44.7 Å². The Labute approximate surface area is 685 Å². The van der Waals surface area contributed by atoms with E-state index in [2.05, 4.69) is 209 Å². The van der Waals surface area contributed by atoms with Gasteiger partial charge in [-0.2, -0.15) is 0 Å². The molecule has 37 heteroatoms. The van der Waals surface area contributed by atoms with Crippen LogP contribution in [-0.4, -0.2) is 323 Å². The number of allylic oxidation sites excluding steroid dienone is 3. The molecule has 12 rings (SSSR count). The second-order valence-electron chi connectivity index (χ2n) is 32.7. The van der Waals surface area contributed by atoms with E-state index in [9.17, 15) is 40.9 Å². The molecule has 115 heavy (non-hydrogen) atoms. The Balaban J connectivity index is 0.000000176. The molecule has 0 amide bonds. The van der Waals surface area contributed by atoms with Crippen LogP contribution in [0, 0.1) is 6.92 Å². The molecule has 13 N–H and O–H groups in total. The predicted molar refractivity (Wildman–Crippen MR) is 479 cm³/mol.